The van der Waals surface area contributed by atoms with Gasteiger partial charge in [0.1, 0.15) is 12.1 Å². The first kappa shape index (κ1) is 14.8. The Morgan fingerprint density at radius 1 is 0.833 bits per heavy atom. The molecule has 0 bridgehead atoms. The van der Waals surface area contributed by atoms with Crippen LogP contribution < -0.4 is 10.6 Å². The van der Waals surface area contributed by atoms with Crippen molar-refractivity contribution in [2.75, 3.05) is 13.1 Å². The zero-order valence-electron chi connectivity index (χ0n) is 9.74. The van der Waals surface area contributed by atoms with Crippen LogP contribution in [0.5, 0.6) is 0 Å². The van der Waals surface area contributed by atoms with Crippen molar-refractivity contribution in [2.24, 2.45) is 0 Å². The summed E-state index contributed by atoms with van der Waals surface area (Å²) in [6.07, 6.45) is -0.335. The lowest BCUT2D eigenvalue weighted by atomic mass is 10.2. The maximum atomic E-state index is 10.2. The van der Waals surface area contributed by atoms with Crippen molar-refractivity contribution in [2.45, 2.75) is 37.1 Å². The van der Waals surface area contributed by atoms with Crippen molar-refractivity contribution in [3.63, 3.8) is 0 Å². The van der Waals surface area contributed by atoms with Crippen LogP contribution in [0.2, 0.25) is 0 Å². The first-order valence-corrected chi connectivity index (χ1v) is 5.72. The standard InChI is InChI=1S/2C5H9NO3/c2*7-3-1-2-6-4(3)5(8)9/h2*3-4,6-7H,1-2H2,(H,8,9)/t2*3-,4-/m10/s1. The van der Waals surface area contributed by atoms with Crippen LogP contribution in [0.1, 0.15) is 12.8 Å². The maximum absolute atomic E-state index is 10.2. The highest BCUT2D eigenvalue weighted by atomic mass is 16.4. The number of carboxylic acid groups (broad SMARTS) is 2. The van der Waals surface area contributed by atoms with Gasteiger partial charge in [0.05, 0.1) is 12.2 Å². The molecule has 2 rings (SSSR count). The van der Waals surface area contributed by atoms with Gasteiger partial charge in [0, 0.05) is 0 Å². The Morgan fingerprint density at radius 2 is 1.17 bits per heavy atom. The summed E-state index contributed by atoms with van der Waals surface area (Å²) in [5, 5.41) is 39.9. The van der Waals surface area contributed by atoms with E-state index in [0.717, 1.165) is 0 Å². The third-order valence-electron chi connectivity index (χ3n) is 2.91. The topological polar surface area (TPSA) is 139 Å². The first-order valence-electron chi connectivity index (χ1n) is 5.72. The zero-order valence-corrected chi connectivity index (χ0v) is 9.74. The third-order valence-corrected chi connectivity index (χ3v) is 2.91. The molecule has 0 saturated carbocycles. The molecular formula is C10H18N2O6. The molecule has 0 aliphatic carbocycles. The highest BCUT2D eigenvalue weighted by molar-refractivity contribution is 5.75. The minimum Gasteiger partial charge on any atom is -0.480 e. The fraction of sp³-hybridized carbons (Fsp3) is 0.800. The van der Waals surface area contributed by atoms with Crippen molar-refractivity contribution in [1.29, 1.82) is 0 Å². The van der Waals surface area contributed by atoms with E-state index in [1.54, 1.807) is 0 Å². The minimum absolute atomic E-state index is 0.539. The molecule has 6 N–H and O–H groups in total. The Balaban J connectivity index is 0.000000180. The van der Waals surface area contributed by atoms with Crippen LogP contribution in [0, 0.1) is 0 Å². The Morgan fingerprint density at radius 3 is 1.28 bits per heavy atom. The van der Waals surface area contributed by atoms with E-state index in [1.807, 2.05) is 0 Å². The number of carbonyl (C=O) groups is 2. The van der Waals surface area contributed by atoms with Gasteiger partial charge in [0.15, 0.2) is 0 Å². The second-order valence-electron chi connectivity index (χ2n) is 4.25. The van der Waals surface area contributed by atoms with Gasteiger partial charge in [0.25, 0.3) is 0 Å². The van der Waals surface area contributed by atoms with Crippen molar-refractivity contribution >= 4 is 11.9 Å². The lowest BCUT2D eigenvalue weighted by Gasteiger charge is -2.06. The molecule has 2 aliphatic rings. The number of aliphatic hydroxyl groups is 2. The van der Waals surface area contributed by atoms with Crippen LogP contribution in [0.4, 0.5) is 0 Å². The van der Waals surface area contributed by atoms with Gasteiger partial charge in [-0.05, 0) is 25.9 Å². The summed E-state index contributed by atoms with van der Waals surface area (Å²) in [6, 6.07) is -1.49. The molecule has 2 saturated heterocycles. The van der Waals surface area contributed by atoms with E-state index in [2.05, 4.69) is 10.6 Å². The summed E-state index contributed by atoms with van der Waals surface area (Å²) >= 11 is 0. The number of nitrogens with one attached hydrogen (secondary N) is 2. The van der Waals surface area contributed by atoms with Crippen LogP contribution >= 0.6 is 0 Å². The third kappa shape index (κ3) is 3.91. The Kier molecular flexibility index (Phi) is 5.48. The lowest BCUT2D eigenvalue weighted by Crippen LogP contribution is -2.38. The fourth-order valence-electron chi connectivity index (χ4n) is 1.88. The zero-order chi connectivity index (χ0) is 13.7. The van der Waals surface area contributed by atoms with Gasteiger partial charge in [-0.15, -0.1) is 0 Å². The number of rotatable bonds is 2. The normalized spacial score (nSPS) is 34.8. The van der Waals surface area contributed by atoms with Crippen LogP contribution in [-0.4, -0.2) is 69.7 Å². The number of hydrogen-bond donors (Lipinski definition) is 6. The molecule has 4 atom stereocenters. The van der Waals surface area contributed by atoms with Crippen molar-refractivity contribution in [1.82, 2.24) is 10.6 Å². The summed E-state index contributed by atoms with van der Waals surface area (Å²) in [4.78, 5) is 20.4. The van der Waals surface area contributed by atoms with E-state index in [4.69, 9.17) is 20.4 Å². The summed E-state index contributed by atoms with van der Waals surface area (Å²) in [5.41, 5.74) is 0. The molecule has 2 aliphatic heterocycles. The van der Waals surface area contributed by atoms with E-state index in [-0.39, 0.29) is 0 Å². The first-order chi connectivity index (χ1) is 8.43. The number of hydrogen-bond acceptors (Lipinski definition) is 6. The smallest absolute Gasteiger partial charge is 0.323 e. The Hall–Kier alpha value is -1.22. The molecule has 8 heteroatoms. The molecule has 8 nitrogen and oxygen atoms in total. The van der Waals surface area contributed by atoms with Gasteiger partial charge < -0.3 is 31.1 Å². The number of aliphatic carboxylic acids is 2. The van der Waals surface area contributed by atoms with E-state index in [0.29, 0.717) is 25.9 Å². The quantitative estimate of drug-likeness (QED) is 0.323. The Labute approximate surface area is 104 Å². The molecule has 2 fully saturated rings. The van der Waals surface area contributed by atoms with Gasteiger partial charge in [0.2, 0.25) is 0 Å². The largest absolute Gasteiger partial charge is 0.480 e. The monoisotopic (exact) mass is 262 g/mol. The van der Waals surface area contributed by atoms with E-state index in [1.165, 1.54) is 0 Å². The summed E-state index contributed by atoms with van der Waals surface area (Å²) in [5.74, 6) is -1.94. The predicted octanol–water partition coefficient (Wildman–Crippen LogP) is -2.41. The van der Waals surface area contributed by atoms with Crippen LogP contribution in [0.25, 0.3) is 0 Å². The van der Waals surface area contributed by atoms with Gasteiger partial charge in [-0.2, -0.15) is 0 Å². The SMILES string of the molecule is O=C(O)[C@@H]1NCC[C@H]1O.O=C(O)[C@H]1NCC[C@@H]1O. The molecule has 2 heterocycles. The number of carboxylic acids is 2. The average molecular weight is 262 g/mol. The summed E-state index contributed by atoms with van der Waals surface area (Å²) in [7, 11) is 0. The molecule has 0 aromatic heterocycles. The molecule has 0 spiro atoms. The summed E-state index contributed by atoms with van der Waals surface area (Å²) in [6.45, 7) is 1.19. The second kappa shape index (κ2) is 6.64. The van der Waals surface area contributed by atoms with Crippen molar-refractivity contribution < 1.29 is 30.0 Å². The van der Waals surface area contributed by atoms with Gasteiger partial charge in [-0.3, -0.25) is 9.59 Å². The van der Waals surface area contributed by atoms with Crippen LogP contribution in [0.15, 0.2) is 0 Å². The number of aliphatic hydroxyl groups excluding tert-OH is 2. The Bertz CT molecular complexity index is 281. The minimum atomic E-state index is -0.972. The molecular weight excluding hydrogens is 244 g/mol. The summed E-state index contributed by atoms with van der Waals surface area (Å²) < 4.78 is 0. The van der Waals surface area contributed by atoms with E-state index in [9.17, 15) is 9.59 Å². The van der Waals surface area contributed by atoms with Gasteiger partial charge in [-0.1, -0.05) is 0 Å². The van der Waals surface area contributed by atoms with E-state index >= 15 is 0 Å². The molecule has 0 amide bonds. The molecule has 0 radical (unpaired) electrons. The fourth-order valence-corrected chi connectivity index (χ4v) is 1.88. The molecule has 104 valence electrons. The lowest BCUT2D eigenvalue weighted by molar-refractivity contribution is -0.142. The van der Waals surface area contributed by atoms with Crippen molar-refractivity contribution in [3.8, 4) is 0 Å². The molecule has 0 aromatic rings. The van der Waals surface area contributed by atoms with Gasteiger partial charge in [-0.25, -0.2) is 0 Å². The van der Waals surface area contributed by atoms with Gasteiger partial charge >= 0.3 is 11.9 Å². The van der Waals surface area contributed by atoms with Crippen LogP contribution in [0.3, 0.4) is 0 Å². The molecule has 0 unspecified atom stereocenters. The highest BCUT2D eigenvalue weighted by Crippen LogP contribution is 2.06. The van der Waals surface area contributed by atoms with E-state index < -0.39 is 36.2 Å². The molecule has 0 aromatic carbocycles. The maximum Gasteiger partial charge on any atom is 0.323 e. The molecule has 18 heavy (non-hydrogen) atoms. The average Bonchev–Trinajstić information content (AvgIpc) is 2.87. The van der Waals surface area contributed by atoms with Crippen molar-refractivity contribution in [3.05, 3.63) is 0 Å². The second-order valence-corrected chi connectivity index (χ2v) is 4.25. The van der Waals surface area contributed by atoms with Crippen LogP contribution in [-0.2, 0) is 9.59 Å². The predicted molar refractivity (Wildman–Crippen MR) is 60.1 cm³/mol. The highest BCUT2D eigenvalue weighted by Gasteiger charge is 2.31.